The van der Waals surface area contributed by atoms with Crippen LogP contribution in [0.3, 0.4) is 0 Å². The van der Waals surface area contributed by atoms with E-state index in [0.717, 1.165) is 5.56 Å². The van der Waals surface area contributed by atoms with Gasteiger partial charge in [-0.25, -0.2) is 19.7 Å². The van der Waals surface area contributed by atoms with Gasteiger partial charge < -0.3 is 15.5 Å². The Bertz CT molecular complexity index is 1140. The Morgan fingerprint density at radius 3 is 2.52 bits per heavy atom. The lowest BCUT2D eigenvalue weighted by Crippen LogP contribution is -2.21. The summed E-state index contributed by atoms with van der Waals surface area (Å²) in [4.78, 5) is 39.9. The molecule has 172 valence electrons. The van der Waals surface area contributed by atoms with Gasteiger partial charge in [0.25, 0.3) is 5.69 Å². The second-order valence-electron chi connectivity index (χ2n) is 6.85. The molecular formula is C21H22ClN7O4. The van der Waals surface area contributed by atoms with Crippen molar-refractivity contribution in [3.05, 3.63) is 80.2 Å². The van der Waals surface area contributed by atoms with E-state index in [4.69, 9.17) is 17.5 Å². The molecule has 11 nitrogen and oxygen atoms in total. The highest BCUT2D eigenvalue weighted by atomic mass is 35.5. The Kier molecular flexibility index (Phi) is 8.06. The topological polar surface area (TPSA) is 158 Å². The zero-order chi connectivity index (χ0) is 23.8. The molecule has 3 aromatic rings. The van der Waals surface area contributed by atoms with Crippen molar-refractivity contribution in [1.82, 2.24) is 15.0 Å². The van der Waals surface area contributed by atoms with Gasteiger partial charge in [0, 0.05) is 30.6 Å². The molecule has 0 saturated carbocycles. The summed E-state index contributed by atoms with van der Waals surface area (Å²) in [7, 11) is 0. The monoisotopic (exact) mass is 471 g/mol. The number of rotatable bonds is 10. The molecule has 3 rings (SSSR count). The smallest absolute Gasteiger partial charge is 0.360 e. The van der Waals surface area contributed by atoms with E-state index in [0.29, 0.717) is 54.1 Å². The number of carbonyl (C=O) groups is 1. The van der Waals surface area contributed by atoms with Crippen LogP contribution < -0.4 is 16.5 Å². The van der Waals surface area contributed by atoms with E-state index in [2.05, 4.69) is 30.4 Å². The van der Waals surface area contributed by atoms with Crippen molar-refractivity contribution in [3.63, 3.8) is 0 Å². The molecular weight excluding hydrogens is 450 g/mol. The molecule has 0 saturated heterocycles. The van der Waals surface area contributed by atoms with E-state index in [1.54, 1.807) is 6.07 Å². The number of hydrogen-bond acceptors (Lipinski definition) is 10. The fraction of sp³-hybridized carbons (Fsp3) is 0.238. The third-order valence-corrected chi connectivity index (χ3v) is 5.06. The van der Waals surface area contributed by atoms with Gasteiger partial charge in [-0.15, -0.1) is 0 Å². The molecule has 2 heterocycles. The lowest BCUT2D eigenvalue weighted by atomic mass is 10.0. The summed E-state index contributed by atoms with van der Waals surface area (Å²) in [5.41, 5.74) is 1.87. The maximum atomic E-state index is 12.3. The average Bonchev–Trinajstić information content (AvgIpc) is 2.82. The number of carbonyl (C=O) groups excluding carboxylic acids is 1. The maximum Gasteiger partial charge on any atom is 0.360 e. The summed E-state index contributed by atoms with van der Waals surface area (Å²) in [6, 6.07) is 10.2. The number of benzene rings is 1. The molecule has 0 unspecified atom stereocenters. The summed E-state index contributed by atoms with van der Waals surface area (Å²) in [5, 5.41) is 17.4. The minimum Gasteiger partial charge on any atom is -0.370 e. The van der Waals surface area contributed by atoms with E-state index in [1.807, 2.05) is 25.1 Å². The highest BCUT2D eigenvalue weighted by molar-refractivity contribution is 6.31. The Morgan fingerprint density at radius 2 is 1.88 bits per heavy atom. The molecule has 0 atom stereocenters. The standard InChI is InChI=1S/C21H22ClN7O4/c1-2-16-19(20(30)33-23)17(11-13-5-3-4-6-15(13)22)28-21(27-16)25-10-9-24-18-8-7-14(12-26-18)29(31)32/h3-8,12H,2,9-11,23H2,1H3,(H,24,26)(H,25,27,28). The van der Waals surface area contributed by atoms with Crippen LogP contribution in [0.4, 0.5) is 17.5 Å². The van der Waals surface area contributed by atoms with Gasteiger partial charge in [-0.3, -0.25) is 10.1 Å². The Balaban J connectivity index is 1.75. The minimum atomic E-state index is -0.716. The molecule has 0 aliphatic heterocycles. The molecule has 12 heteroatoms. The maximum absolute atomic E-state index is 12.3. The van der Waals surface area contributed by atoms with Crippen molar-refractivity contribution in [2.75, 3.05) is 23.7 Å². The number of nitrogens with two attached hydrogens (primary N) is 1. The molecule has 33 heavy (non-hydrogen) atoms. The number of nitro groups is 1. The summed E-state index contributed by atoms with van der Waals surface area (Å²) < 4.78 is 0. The number of nitrogens with zero attached hydrogens (tertiary/aromatic N) is 4. The van der Waals surface area contributed by atoms with Crippen molar-refractivity contribution in [3.8, 4) is 0 Å². The predicted octanol–water partition coefficient (Wildman–Crippen LogP) is 3.14. The molecule has 0 radical (unpaired) electrons. The lowest BCUT2D eigenvalue weighted by Gasteiger charge is -2.14. The van der Waals surface area contributed by atoms with Crippen LogP contribution in [0, 0.1) is 10.1 Å². The number of halogens is 1. The fourth-order valence-corrected chi connectivity index (χ4v) is 3.30. The Morgan fingerprint density at radius 1 is 1.15 bits per heavy atom. The highest BCUT2D eigenvalue weighted by Crippen LogP contribution is 2.23. The number of nitrogens with one attached hydrogen (secondary N) is 2. The van der Waals surface area contributed by atoms with E-state index < -0.39 is 10.9 Å². The van der Waals surface area contributed by atoms with Gasteiger partial charge in [-0.1, -0.05) is 36.7 Å². The van der Waals surface area contributed by atoms with E-state index in [9.17, 15) is 14.9 Å². The van der Waals surface area contributed by atoms with Crippen molar-refractivity contribution >= 4 is 35.0 Å². The predicted molar refractivity (Wildman–Crippen MR) is 123 cm³/mol. The van der Waals surface area contributed by atoms with Gasteiger partial charge in [0.1, 0.15) is 17.6 Å². The second kappa shape index (κ2) is 11.2. The first kappa shape index (κ1) is 23.8. The SMILES string of the molecule is CCc1nc(NCCNc2ccc([N+](=O)[O-])cn2)nc(Cc2ccccc2Cl)c1C(=O)ON. The normalized spacial score (nSPS) is 10.5. The molecule has 0 spiro atoms. The first-order valence-corrected chi connectivity index (χ1v) is 10.4. The van der Waals surface area contributed by atoms with Crippen LogP contribution in [0.1, 0.15) is 34.2 Å². The largest absolute Gasteiger partial charge is 0.370 e. The molecule has 0 aliphatic carbocycles. The van der Waals surface area contributed by atoms with Crippen molar-refractivity contribution in [2.45, 2.75) is 19.8 Å². The second-order valence-corrected chi connectivity index (χ2v) is 7.26. The number of anilines is 2. The highest BCUT2D eigenvalue weighted by Gasteiger charge is 2.22. The summed E-state index contributed by atoms with van der Waals surface area (Å²) in [5.74, 6) is 5.25. The molecule has 0 amide bonds. The third kappa shape index (κ3) is 6.11. The van der Waals surface area contributed by atoms with E-state index in [-0.39, 0.29) is 11.3 Å². The average molecular weight is 472 g/mol. The molecule has 1 aromatic carbocycles. The minimum absolute atomic E-state index is 0.0821. The van der Waals surface area contributed by atoms with Crippen LogP contribution in [-0.4, -0.2) is 38.9 Å². The van der Waals surface area contributed by atoms with Crippen LogP contribution in [0.25, 0.3) is 0 Å². The van der Waals surface area contributed by atoms with Crippen LogP contribution in [0.2, 0.25) is 5.02 Å². The van der Waals surface area contributed by atoms with Crippen LogP contribution in [0.15, 0.2) is 42.6 Å². The molecule has 0 fully saturated rings. The van der Waals surface area contributed by atoms with Gasteiger partial charge in [0.2, 0.25) is 5.95 Å². The summed E-state index contributed by atoms with van der Waals surface area (Å²) in [6.07, 6.45) is 1.93. The number of hydrogen-bond donors (Lipinski definition) is 3. The molecule has 0 aliphatic rings. The van der Waals surface area contributed by atoms with Crippen molar-refractivity contribution in [1.29, 1.82) is 0 Å². The van der Waals surface area contributed by atoms with Gasteiger partial charge in [-0.05, 0) is 24.1 Å². The van der Waals surface area contributed by atoms with Crippen molar-refractivity contribution in [2.24, 2.45) is 5.90 Å². The summed E-state index contributed by atoms with van der Waals surface area (Å²) >= 11 is 6.29. The van der Waals surface area contributed by atoms with Crippen LogP contribution in [0.5, 0.6) is 0 Å². The van der Waals surface area contributed by atoms with Gasteiger partial charge in [-0.2, -0.15) is 5.90 Å². The first-order valence-electron chi connectivity index (χ1n) is 10.0. The van der Waals surface area contributed by atoms with Crippen LogP contribution in [-0.2, 0) is 17.7 Å². The number of pyridine rings is 1. The lowest BCUT2D eigenvalue weighted by molar-refractivity contribution is -0.385. The first-order chi connectivity index (χ1) is 15.9. The molecule has 2 aromatic heterocycles. The van der Waals surface area contributed by atoms with Crippen LogP contribution >= 0.6 is 11.6 Å². The van der Waals surface area contributed by atoms with E-state index in [1.165, 1.54) is 18.3 Å². The zero-order valence-electron chi connectivity index (χ0n) is 17.7. The fourth-order valence-electron chi connectivity index (χ4n) is 3.10. The zero-order valence-corrected chi connectivity index (χ0v) is 18.5. The quantitative estimate of drug-likeness (QED) is 0.228. The van der Waals surface area contributed by atoms with Gasteiger partial charge in [0.15, 0.2) is 0 Å². The third-order valence-electron chi connectivity index (χ3n) is 4.69. The molecule has 0 bridgehead atoms. The van der Waals surface area contributed by atoms with E-state index >= 15 is 0 Å². The number of aryl methyl sites for hydroxylation is 1. The Hall–Kier alpha value is -3.83. The summed E-state index contributed by atoms with van der Waals surface area (Å²) in [6.45, 7) is 2.73. The van der Waals surface area contributed by atoms with Crippen molar-refractivity contribution < 1.29 is 14.6 Å². The Labute approximate surface area is 194 Å². The van der Waals surface area contributed by atoms with Gasteiger partial charge in [0.05, 0.1) is 16.3 Å². The molecule has 4 N–H and O–H groups in total. The number of aromatic nitrogens is 3. The van der Waals surface area contributed by atoms with Gasteiger partial charge >= 0.3 is 5.97 Å².